The molecule has 2 aromatic rings. The molecule has 7 heteroatoms. The summed E-state index contributed by atoms with van der Waals surface area (Å²) in [7, 11) is -3.62. The predicted molar refractivity (Wildman–Crippen MR) is 80.5 cm³/mol. The first-order valence-electron chi connectivity index (χ1n) is 5.44. The largest absolute Gasteiger partial charge is 0.398 e. The van der Waals surface area contributed by atoms with Crippen molar-refractivity contribution < 1.29 is 8.42 Å². The van der Waals surface area contributed by atoms with Crippen molar-refractivity contribution in [1.82, 2.24) is 0 Å². The SMILES string of the molecule is Cc1cc(C)c(NS(=O)(=O)c2ccc(Cl)s2)cc1N. The van der Waals surface area contributed by atoms with Gasteiger partial charge in [-0.2, -0.15) is 0 Å². The van der Waals surface area contributed by atoms with Gasteiger partial charge >= 0.3 is 0 Å². The number of rotatable bonds is 3. The van der Waals surface area contributed by atoms with Crippen LogP contribution in [0, 0.1) is 13.8 Å². The van der Waals surface area contributed by atoms with Crippen molar-refractivity contribution in [3.63, 3.8) is 0 Å². The smallest absolute Gasteiger partial charge is 0.271 e. The Balaban J connectivity index is 2.38. The lowest BCUT2D eigenvalue weighted by Gasteiger charge is -2.11. The van der Waals surface area contributed by atoms with Crippen molar-refractivity contribution >= 4 is 44.3 Å². The van der Waals surface area contributed by atoms with Crippen LogP contribution in [0.1, 0.15) is 11.1 Å². The van der Waals surface area contributed by atoms with Crippen LogP contribution < -0.4 is 10.5 Å². The van der Waals surface area contributed by atoms with Crippen LogP contribution in [0.3, 0.4) is 0 Å². The van der Waals surface area contributed by atoms with Crippen LogP contribution in [0.2, 0.25) is 4.34 Å². The number of anilines is 2. The molecule has 0 spiro atoms. The number of sulfonamides is 1. The van der Waals surface area contributed by atoms with Crippen molar-refractivity contribution in [2.24, 2.45) is 0 Å². The van der Waals surface area contributed by atoms with Crippen LogP contribution >= 0.6 is 22.9 Å². The number of nitrogens with two attached hydrogens (primary N) is 1. The topological polar surface area (TPSA) is 72.2 Å². The first kappa shape index (κ1) is 14.2. The van der Waals surface area contributed by atoms with Gasteiger partial charge in [0.05, 0.1) is 10.0 Å². The van der Waals surface area contributed by atoms with E-state index in [1.165, 1.54) is 6.07 Å². The third kappa shape index (κ3) is 3.02. The fourth-order valence-electron chi connectivity index (χ4n) is 1.62. The number of nitrogen functional groups attached to an aromatic ring is 1. The Morgan fingerprint density at radius 3 is 2.47 bits per heavy atom. The zero-order valence-corrected chi connectivity index (χ0v) is 12.8. The fourth-order valence-corrected chi connectivity index (χ4v) is 4.22. The zero-order chi connectivity index (χ0) is 14.2. The van der Waals surface area contributed by atoms with Crippen LogP contribution in [0.4, 0.5) is 11.4 Å². The molecule has 0 amide bonds. The Morgan fingerprint density at radius 1 is 1.21 bits per heavy atom. The van der Waals surface area contributed by atoms with E-state index in [4.69, 9.17) is 17.3 Å². The summed E-state index contributed by atoms with van der Waals surface area (Å²) in [6, 6.07) is 6.49. The molecule has 0 aliphatic rings. The molecule has 2 rings (SSSR count). The highest BCUT2D eigenvalue weighted by Crippen LogP contribution is 2.29. The third-order valence-corrected chi connectivity index (χ3v) is 5.76. The molecule has 0 saturated heterocycles. The van der Waals surface area contributed by atoms with Crippen molar-refractivity contribution in [2.75, 3.05) is 10.5 Å². The molecule has 4 nitrogen and oxygen atoms in total. The molecule has 0 unspecified atom stereocenters. The normalized spacial score (nSPS) is 11.5. The maximum Gasteiger partial charge on any atom is 0.271 e. The van der Waals surface area contributed by atoms with Gasteiger partial charge in [-0.3, -0.25) is 4.72 Å². The summed E-state index contributed by atoms with van der Waals surface area (Å²) in [5.41, 5.74) is 8.56. The Labute approximate surface area is 121 Å². The molecule has 3 N–H and O–H groups in total. The second-order valence-corrected chi connectivity index (χ2v) is 7.81. The second kappa shape index (κ2) is 5.03. The molecule has 0 saturated carbocycles. The summed E-state index contributed by atoms with van der Waals surface area (Å²) < 4.78 is 27.5. The zero-order valence-electron chi connectivity index (χ0n) is 10.4. The molecule has 1 aromatic carbocycles. The van der Waals surface area contributed by atoms with Crippen LogP contribution in [0.25, 0.3) is 0 Å². The first-order chi connectivity index (χ1) is 8.79. The van der Waals surface area contributed by atoms with E-state index in [0.29, 0.717) is 15.7 Å². The Hall–Kier alpha value is -1.24. The van der Waals surface area contributed by atoms with Crippen molar-refractivity contribution in [1.29, 1.82) is 0 Å². The Bertz CT molecular complexity index is 723. The number of hydrogen-bond donors (Lipinski definition) is 2. The van der Waals surface area contributed by atoms with E-state index in [1.54, 1.807) is 12.1 Å². The summed E-state index contributed by atoms with van der Waals surface area (Å²) in [5.74, 6) is 0. The van der Waals surface area contributed by atoms with E-state index in [9.17, 15) is 8.42 Å². The van der Waals surface area contributed by atoms with Gasteiger partial charge < -0.3 is 5.73 Å². The molecule has 0 atom stereocenters. The molecule has 19 heavy (non-hydrogen) atoms. The fraction of sp³-hybridized carbons (Fsp3) is 0.167. The first-order valence-corrected chi connectivity index (χ1v) is 8.12. The van der Waals surface area contributed by atoms with Gasteiger partial charge in [0.15, 0.2) is 0 Å². The van der Waals surface area contributed by atoms with E-state index in [1.807, 2.05) is 19.9 Å². The molecule has 0 bridgehead atoms. The summed E-state index contributed by atoms with van der Waals surface area (Å²) >= 11 is 6.76. The lowest BCUT2D eigenvalue weighted by atomic mass is 10.1. The molecular weight excluding hydrogens is 304 g/mol. The summed E-state index contributed by atoms with van der Waals surface area (Å²) in [6.07, 6.45) is 0. The molecule has 0 aliphatic carbocycles. The molecular formula is C12H13ClN2O2S2. The number of halogens is 1. The Morgan fingerprint density at radius 2 is 1.89 bits per heavy atom. The van der Waals surface area contributed by atoms with Gasteiger partial charge in [0, 0.05) is 5.69 Å². The maximum absolute atomic E-state index is 12.2. The van der Waals surface area contributed by atoms with Gasteiger partial charge in [-0.1, -0.05) is 17.7 Å². The van der Waals surface area contributed by atoms with E-state index in [2.05, 4.69) is 4.72 Å². The van der Waals surface area contributed by atoms with Crippen LogP contribution in [0.5, 0.6) is 0 Å². The van der Waals surface area contributed by atoms with Gasteiger partial charge in [-0.25, -0.2) is 8.42 Å². The number of nitrogens with one attached hydrogen (secondary N) is 1. The van der Waals surface area contributed by atoms with E-state index < -0.39 is 10.0 Å². The maximum atomic E-state index is 12.2. The predicted octanol–water partition coefficient (Wildman–Crippen LogP) is 3.40. The Kier molecular flexibility index (Phi) is 3.75. The van der Waals surface area contributed by atoms with Gasteiger partial charge in [0.25, 0.3) is 10.0 Å². The summed E-state index contributed by atoms with van der Waals surface area (Å²) in [6.45, 7) is 3.70. The van der Waals surface area contributed by atoms with E-state index >= 15 is 0 Å². The van der Waals surface area contributed by atoms with Gasteiger partial charge in [0.2, 0.25) is 0 Å². The van der Waals surface area contributed by atoms with E-state index in [0.717, 1.165) is 22.5 Å². The number of benzene rings is 1. The minimum atomic E-state index is -3.62. The molecule has 1 heterocycles. The van der Waals surface area contributed by atoms with Crippen molar-refractivity contribution in [3.05, 3.63) is 39.7 Å². The molecule has 0 radical (unpaired) electrons. The quantitative estimate of drug-likeness (QED) is 0.852. The molecule has 1 aromatic heterocycles. The minimum Gasteiger partial charge on any atom is -0.398 e. The number of aryl methyl sites for hydroxylation is 2. The van der Waals surface area contributed by atoms with Gasteiger partial charge in [-0.05, 0) is 43.2 Å². The summed E-state index contributed by atoms with van der Waals surface area (Å²) in [4.78, 5) is 0. The third-order valence-electron chi connectivity index (χ3n) is 2.67. The van der Waals surface area contributed by atoms with E-state index in [-0.39, 0.29) is 4.21 Å². The van der Waals surface area contributed by atoms with Crippen molar-refractivity contribution in [2.45, 2.75) is 18.1 Å². The number of thiophene rings is 1. The van der Waals surface area contributed by atoms with Crippen molar-refractivity contribution in [3.8, 4) is 0 Å². The molecule has 102 valence electrons. The highest BCUT2D eigenvalue weighted by molar-refractivity contribution is 7.94. The van der Waals surface area contributed by atoms with Gasteiger partial charge in [0.1, 0.15) is 4.21 Å². The highest BCUT2D eigenvalue weighted by Gasteiger charge is 2.18. The lowest BCUT2D eigenvalue weighted by Crippen LogP contribution is -2.12. The van der Waals surface area contributed by atoms with Crippen LogP contribution in [-0.4, -0.2) is 8.42 Å². The monoisotopic (exact) mass is 316 g/mol. The number of hydrogen-bond acceptors (Lipinski definition) is 4. The minimum absolute atomic E-state index is 0.177. The van der Waals surface area contributed by atoms with Crippen LogP contribution in [0.15, 0.2) is 28.5 Å². The standard InChI is InChI=1S/C12H13ClN2O2S2/c1-7-5-8(2)10(6-9(7)14)15-19(16,17)12-4-3-11(13)18-12/h3-6,15H,14H2,1-2H3. The summed E-state index contributed by atoms with van der Waals surface area (Å²) in [5, 5.41) is 0. The molecule has 0 fully saturated rings. The van der Waals surface area contributed by atoms with Crippen LogP contribution in [-0.2, 0) is 10.0 Å². The average Bonchev–Trinajstić information content (AvgIpc) is 2.73. The molecule has 0 aliphatic heterocycles. The highest BCUT2D eigenvalue weighted by atomic mass is 35.5. The lowest BCUT2D eigenvalue weighted by molar-refractivity contribution is 0.603. The van der Waals surface area contributed by atoms with Gasteiger partial charge in [-0.15, -0.1) is 11.3 Å². The second-order valence-electron chi connectivity index (χ2n) is 4.19. The average molecular weight is 317 g/mol.